The third-order valence-electron chi connectivity index (χ3n) is 4.92. The summed E-state index contributed by atoms with van der Waals surface area (Å²) in [7, 11) is 0. The van der Waals surface area contributed by atoms with E-state index in [-0.39, 0.29) is 30.0 Å². The van der Waals surface area contributed by atoms with Crippen molar-refractivity contribution in [2.75, 3.05) is 13.1 Å². The lowest BCUT2D eigenvalue weighted by molar-refractivity contribution is -0.130. The molecule has 9 nitrogen and oxygen atoms in total. The zero-order valence-electron chi connectivity index (χ0n) is 15.8. The third kappa shape index (κ3) is 3.71. The van der Waals surface area contributed by atoms with Crippen LogP contribution in [-0.2, 0) is 4.79 Å². The van der Waals surface area contributed by atoms with E-state index in [1.807, 2.05) is 18.2 Å². The van der Waals surface area contributed by atoms with E-state index in [4.69, 9.17) is 4.52 Å². The summed E-state index contributed by atoms with van der Waals surface area (Å²) in [6.07, 6.45) is 2.78. The molecule has 1 atom stereocenters. The lowest BCUT2D eigenvalue weighted by atomic mass is 10.1. The number of aromatic nitrogens is 3. The summed E-state index contributed by atoms with van der Waals surface area (Å²) in [6.45, 7) is 1.84. The molecule has 0 radical (unpaired) electrons. The van der Waals surface area contributed by atoms with Gasteiger partial charge >= 0.3 is 0 Å². The maximum atomic E-state index is 12.7. The number of ketones is 1. The number of nitrogens with one attached hydrogen (secondary N) is 1. The largest absolute Gasteiger partial charge is 0.343 e. The van der Waals surface area contributed by atoms with E-state index in [0.29, 0.717) is 41.7 Å². The highest BCUT2D eigenvalue weighted by Gasteiger charge is 2.36. The van der Waals surface area contributed by atoms with E-state index < -0.39 is 6.04 Å². The van der Waals surface area contributed by atoms with Crippen molar-refractivity contribution in [2.24, 2.45) is 0 Å². The Bertz CT molecular complexity index is 1090. The Morgan fingerprint density at radius 2 is 2.07 bits per heavy atom. The second-order valence-corrected chi connectivity index (χ2v) is 6.80. The summed E-state index contributed by atoms with van der Waals surface area (Å²) in [4.78, 5) is 47.5. The average Bonchev–Trinajstić information content (AvgIpc) is 3.40. The van der Waals surface area contributed by atoms with Gasteiger partial charge in [-0.05, 0) is 25.0 Å². The van der Waals surface area contributed by atoms with Crippen molar-refractivity contribution in [1.82, 2.24) is 25.3 Å². The molecule has 2 aromatic heterocycles. The SMILES string of the molecule is Cc1nc(C(=O)[C@@H]2CCCN2C(=O)CNC(=O)c2ccnc3ccccc23)no1. The minimum atomic E-state index is -0.641. The monoisotopic (exact) mass is 393 g/mol. The van der Waals surface area contributed by atoms with Gasteiger partial charge in [-0.25, -0.2) is 0 Å². The van der Waals surface area contributed by atoms with Crippen molar-refractivity contribution in [3.8, 4) is 0 Å². The standard InChI is InChI=1S/C20H19N5O4/c1-12-23-19(24-29-12)18(27)16-7-4-10-25(16)17(26)11-22-20(28)14-8-9-21-15-6-3-2-5-13(14)15/h2-3,5-6,8-9,16H,4,7,10-11H2,1H3,(H,22,28)/t16-/m0/s1. The van der Waals surface area contributed by atoms with Gasteiger partial charge < -0.3 is 14.7 Å². The maximum Gasteiger partial charge on any atom is 0.252 e. The van der Waals surface area contributed by atoms with Crippen LogP contribution in [0.4, 0.5) is 0 Å². The van der Waals surface area contributed by atoms with Gasteiger partial charge in [-0.15, -0.1) is 0 Å². The van der Waals surface area contributed by atoms with Gasteiger partial charge in [0.05, 0.1) is 23.7 Å². The van der Waals surface area contributed by atoms with Crippen molar-refractivity contribution in [3.63, 3.8) is 0 Å². The van der Waals surface area contributed by atoms with Gasteiger partial charge in [0, 0.05) is 25.1 Å². The average molecular weight is 393 g/mol. The zero-order chi connectivity index (χ0) is 20.4. The molecular weight excluding hydrogens is 374 g/mol. The molecule has 0 spiro atoms. The number of carbonyl (C=O) groups is 3. The van der Waals surface area contributed by atoms with Crippen LogP contribution in [0, 0.1) is 6.92 Å². The number of amides is 2. The van der Waals surface area contributed by atoms with Gasteiger partial charge in [0.15, 0.2) is 0 Å². The van der Waals surface area contributed by atoms with Gasteiger partial charge in [-0.2, -0.15) is 4.98 Å². The Kier molecular flexibility index (Phi) is 5.03. The Morgan fingerprint density at radius 3 is 2.86 bits per heavy atom. The fraction of sp³-hybridized carbons (Fsp3) is 0.300. The van der Waals surface area contributed by atoms with Crippen LogP contribution in [-0.4, -0.2) is 56.8 Å². The molecule has 1 aromatic carbocycles. The molecular formula is C20H19N5O4. The van der Waals surface area contributed by atoms with Crippen LogP contribution in [0.3, 0.4) is 0 Å². The van der Waals surface area contributed by atoms with Crippen LogP contribution >= 0.6 is 0 Å². The van der Waals surface area contributed by atoms with Crippen molar-refractivity contribution in [2.45, 2.75) is 25.8 Å². The normalized spacial score (nSPS) is 16.2. The Morgan fingerprint density at radius 1 is 1.24 bits per heavy atom. The number of aryl methyl sites for hydroxylation is 1. The van der Waals surface area contributed by atoms with Gasteiger partial charge in [-0.1, -0.05) is 23.4 Å². The fourth-order valence-electron chi connectivity index (χ4n) is 3.53. The van der Waals surface area contributed by atoms with Crippen molar-refractivity contribution in [3.05, 3.63) is 53.8 Å². The highest BCUT2D eigenvalue weighted by Crippen LogP contribution is 2.21. The van der Waals surface area contributed by atoms with Crippen molar-refractivity contribution in [1.29, 1.82) is 0 Å². The van der Waals surface area contributed by atoms with E-state index in [0.717, 1.165) is 0 Å². The summed E-state index contributed by atoms with van der Waals surface area (Å²) in [5, 5.41) is 7.01. The highest BCUT2D eigenvalue weighted by atomic mass is 16.5. The number of benzene rings is 1. The summed E-state index contributed by atoms with van der Waals surface area (Å²) in [5.41, 5.74) is 1.15. The predicted molar refractivity (Wildman–Crippen MR) is 102 cm³/mol. The smallest absolute Gasteiger partial charge is 0.252 e. The first kappa shape index (κ1) is 18.7. The second-order valence-electron chi connectivity index (χ2n) is 6.80. The molecule has 0 aliphatic carbocycles. The lowest BCUT2D eigenvalue weighted by Gasteiger charge is -2.22. The van der Waals surface area contributed by atoms with Gasteiger partial charge in [0.1, 0.15) is 0 Å². The number of carbonyl (C=O) groups excluding carboxylic acids is 3. The Labute approximate surface area is 166 Å². The molecule has 0 unspecified atom stereocenters. The molecule has 9 heteroatoms. The number of fused-ring (bicyclic) bond motifs is 1. The number of pyridine rings is 1. The molecule has 4 rings (SSSR count). The van der Waals surface area contributed by atoms with Crippen LogP contribution in [0.25, 0.3) is 10.9 Å². The van der Waals surface area contributed by atoms with Crippen LogP contribution in [0.15, 0.2) is 41.1 Å². The molecule has 2 amide bonds. The molecule has 148 valence electrons. The summed E-state index contributed by atoms with van der Waals surface area (Å²) < 4.78 is 4.86. The van der Waals surface area contributed by atoms with Crippen LogP contribution in [0.1, 0.15) is 39.7 Å². The molecule has 1 aliphatic rings. The molecule has 1 saturated heterocycles. The van der Waals surface area contributed by atoms with E-state index in [2.05, 4.69) is 20.4 Å². The predicted octanol–water partition coefficient (Wildman–Crippen LogP) is 1.53. The molecule has 0 saturated carbocycles. The van der Waals surface area contributed by atoms with Crippen LogP contribution in [0.2, 0.25) is 0 Å². The molecule has 1 fully saturated rings. The lowest BCUT2D eigenvalue weighted by Crippen LogP contribution is -2.45. The minimum Gasteiger partial charge on any atom is -0.343 e. The topological polar surface area (TPSA) is 118 Å². The quantitative estimate of drug-likeness (QED) is 0.653. The zero-order valence-corrected chi connectivity index (χ0v) is 15.8. The Hall–Kier alpha value is -3.62. The van der Waals surface area contributed by atoms with Gasteiger partial charge in [-0.3, -0.25) is 19.4 Å². The van der Waals surface area contributed by atoms with Crippen molar-refractivity contribution < 1.29 is 18.9 Å². The van der Waals surface area contributed by atoms with Crippen LogP contribution < -0.4 is 5.32 Å². The molecule has 3 heterocycles. The van der Waals surface area contributed by atoms with Gasteiger partial charge in [0.2, 0.25) is 23.4 Å². The van der Waals surface area contributed by atoms with E-state index in [1.165, 1.54) is 4.90 Å². The first-order valence-electron chi connectivity index (χ1n) is 9.30. The number of nitrogens with zero attached hydrogens (tertiary/aromatic N) is 4. The summed E-state index contributed by atoms with van der Waals surface area (Å²) in [6, 6.07) is 8.27. The van der Waals surface area contributed by atoms with Crippen LogP contribution in [0.5, 0.6) is 0 Å². The Balaban J connectivity index is 1.43. The number of hydrogen-bond donors (Lipinski definition) is 1. The number of rotatable bonds is 5. The number of hydrogen-bond acceptors (Lipinski definition) is 7. The third-order valence-corrected chi connectivity index (χ3v) is 4.92. The van der Waals surface area contributed by atoms with Gasteiger partial charge in [0.25, 0.3) is 5.91 Å². The molecule has 1 aliphatic heterocycles. The molecule has 29 heavy (non-hydrogen) atoms. The molecule has 0 bridgehead atoms. The first-order chi connectivity index (χ1) is 14.0. The summed E-state index contributed by atoms with van der Waals surface area (Å²) >= 11 is 0. The van der Waals surface area contributed by atoms with E-state index in [9.17, 15) is 14.4 Å². The second kappa shape index (κ2) is 7.78. The minimum absolute atomic E-state index is 0.0282. The molecule has 1 N–H and O–H groups in total. The highest BCUT2D eigenvalue weighted by molar-refractivity contribution is 6.07. The first-order valence-corrected chi connectivity index (χ1v) is 9.30. The molecule has 3 aromatic rings. The number of para-hydroxylation sites is 1. The van der Waals surface area contributed by atoms with E-state index in [1.54, 1.807) is 25.3 Å². The number of Topliss-reactive ketones (excluding diaryl/α,β-unsaturated/α-hetero) is 1. The summed E-state index contributed by atoms with van der Waals surface area (Å²) in [5.74, 6) is -0.777. The van der Waals surface area contributed by atoms with Crippen molar-refractivity contribution >= 4 is 28.5 Å². The van der Waals surface area contributed by atoms with E-state index >= 15 is 0 Å². The number of likely N-dealkylation sites (tertiary alicyclic amines) is 1. The maximum absolute atomic E-state index is 12.7. The fourth-order valence-corrected chi connectivity index (χ4v) is 3.53.